The number of aromatic nitrogens is 2. The second-order valence-corrected chi connectivity index (χ2v) is 8.67. The van der Waals surface area contributed by atoms with E-state index < -0.39 is 0 Å². The molecule has 29 heavy (non-hydrogen) atoms. The van der Waals surface area contributed by atoms with Gasteiger partial charge in [0.25, 0.3) is 5.91 Å². The van der Waals surface area contributed by atoms with Crippen LogP contribution in [0.1, 0.15) is 21.6 Å². The number of carbonyl (C=O) groups is 1. The molecule has 146 valence electrons. The van der Waals surface area contributed by atoms with Crippen molar-refractivity contribution in [3.63, 3.8) is 0 Å². The fourth-order valence-corrected chi connectivity index (χ4v) is 4.76. The normalized spacial score (nSPS) is 11.0. The lowest BCUT2D eigenvalue weighted by atomic mass is 10.2. The number of thiazole rings is 1. The first-order chi connectivity index (χ1) is 13.9. The molecule has 2 aromatic heterocycles. The van der Waals surface area contributed by atoms with Crippen LogP contribution >= 0.6 is 46.1 Å². The maximum atomic E-state index is 13.4. The van der Waals surface area contributed by atoms with Crippen molar-refractivity contribution in [1.82, 2.24) is 9.97 Å². The SMILES string of the molecule is Cc1ccc(Cl)c2sc(N(Cc3ccccn3)C(=O)c3cc(Cl)cc(Cl)c3)nc12. The van der Waals surface area contributed by atoms with Gasteiger partial charge in [0.15, 0.2) is 5.13 Å². The van der Waals surface area contributed by atoms with Crippen LogP contribution in [-0.2, 0) is 6.54 Å². The van der Waals surface area contributed by atoms with Crippen LogP contribution in [0.2, 0.25) is 15.1 Å². The van der Waals surface area contributed by atoms with Crippen LogP contribution in [0, 0.1) is 6.92 Å². The minimum atomic E-state index is -0.270. The molecule has 2 heterocycles. The van der Waals surface area contributed by atoms with Gasteiger partial charge >= 0.3 is 0 Å². The van der Waals surface area contributed by atoms with Crippen molar-refractivity contribution in [3.8, 4) is 0 Å². The third kappa shape index (κ3) is 4.23. The lowest BCUT2D eigenvalue weighted by molar-refractivity contribution is 0.0985. The molecule has 1 amide bonds. The largest absolute Gasteiger partial charge is 0.278 e. The Kier molecular flexibility index (Phi) is 5.74. The standard InChI is InChI=1S/C21H14Cl3N3OS/c1-12-5-6-17(24)19-18(12)26-21(29-19)27(11-16-4-2-3-7-25-16)20(28)13-8-14(22)10-15(23)9-13/h2-10H,11H2,1H3. The zero-order chi connectivity index (χ0) is 20.5. The molecule has 4 rings (SSSR count). The summed E-state index contributed by atoms with van der Waals surface area (Å²) < 4.78 is 0.838. The Morgan fingerprint density at radius 1 is 1.07 bits per heavy atom. The maximum absolute atomic E-state index is 13.4. The molecule has 2 aromatic carbocycles. The zero-order valence-corrected chi connectivity index (χ0v) is 18.3. The number of aryl methyl sites for hydroxylation is 1. The Morgan fingerprint density at radius 3 is 2.48 bits per heavy atom. The summed E-state index contributed by atoms with van der Waals surface area (Å²) in [6, 6.07) is 14.1. The number of fused-ring (bicyclic) bond motifs is 1. The Bertz CT molecular complexity index is 1150. The first kappa shape index (κ1) is 20.1. The number of hydrogen-bond acceptors (Lipinski definition) is 4. The van der Waals surface area contributed by atoms with E-state index in [1.165, 1.54) is 11.3 Å². The molecule has 0 aliphatic carbocycles. The van der Waals surface area contributed by atoms with Crippen LogP contribution in [-0.4, -0.2) is 15.9 Å². The zero-order valence-electron chi connectivity index (χ0n) is 15.2. The molecule has 4 aromatic rings. The summed E-state index contributed by atoms with van der Waals surface area (Å²) in [4.78, 5) is 24.0. The van der Waals surface area contributed by atoms with E-state index in [9.17, 15) is 4.79 Å². The van der Waals surface area contributed by atoms with Gasteiger partial charge in [-0.2, -0.15) is 0 Å². The number of pyridine rings is 1. The summed E-state index contributed by atoms with van der Waals surface area (Å²) in [5.74, 6) is -0.270. The highest BCUT2D eigenvalue weighted by Gasteiger charge is 2.24. The van der Waals surface area contributed by atoms with Gasteiger partial charge in [0.2, 0.25) is 0 Å². The molecular formula is C21H14Cl3N3OS. The molecule has 0 unspecified atom stereocenters. The van der Waals surface area contributed by atoms with Gasteiger partial charge in [0, 0.05) is 21.8 Å². The molecule has 8 heteroatoms. The van der Waals surface area contributed by atoms with Crippen molar-refractivity contribution in [3.05, 3.63) is 86.6 Å². The van der Waals surface area contributed by atoms with Gasteiger partial charge in [0.05, 0.1) is 27.5 Å². The maximum Gasteiger partial charge on any atom is 0.260 e. The molecule has 0 N–H and O–H groups in total. The summed E-state index contributed by atoms with van der Waals surface area (Å²) in [5, 5.41) is 1.91. The van der Waals surface area contributed by atoms with Gasteiger partial charge in [-0.05, 0) is 48.9 Å². The van der Waals surface area contributed by atoms with Crippen LogP contribution in [0.25, 0.3) is 10.2 Å². The van der Waals surface area contributed by atoms with E-state index in [0.717, 1.165) is 21.5 Å². The van der Waals surface area contributed by atoms with Crippen LogP contribution in [0.5, 0.6) is 0 Å². The number of amides is 1. The van der Waals surface area contributed by atoms with Gasteiger partial charge in [-0.25, -0.2) is 4.98 Å². The Balaban J connectivity index is 1.83. The summed E-state index contributed by atoms with van der Waals surface area (Å²) in [7, 11) is 0. The second kappa shape index (κ2) is 8.28. The second-order valence-electron chi connectivity index (χ2n) is 6.41. The van der Waals surface area contributed by atoms with Gasteiger partial charge in [0.1, 0.15) is 0 Å². The van der Waals surface area contributed by atoms with E-state index in [1.807, 2.05) is 37.3 Å². The molecule has 0 atom stereocenters. The van der Waals surface area contributed by atoms with E-state index in [2.05, 4.69) is 4.98 Å². The number of benzene rings is 2. The van der Waals surface area contributed by atoms with Crippen LogP contribution in [0.3, 0.4) is 0 Å². The molecular weight excluding hydrogens is 449 g/mol. The average Bonchev–Trinajstić information content (AvgIpc) is 3.15. The van der Waals surface area contributed by atoms with E-state index in [1.54, 1.807) is 29.3 Å². The summed E-state index contributed by atoms with van der Waals surface area (Å²) in [5.41, 5.74) is 2.87. The number of nitrogens with zero attached hydrogens (tertiary/aromatic N) is 3. The van der Waals surface area contributed by atoms with Gasteiger partial charge in [-0.1, -0.05) is 58.3 Å². The predicted octanol–water partition coefficient (Wildman–Crippen LogP) is 6.81. The van der Waals surface area contributed by atoms with Crippen molar-refractivity contribution < 1.29 is 4.79 Å². The smallest absolute Gasteiger partial charge is 0.260 e. The van der Waals surface area contributed by atoms with Crippen LogP contribution < -0.4 is 4.90 Å². The van der Waals surface area contributed by atoms with Crippen molar-refractivity contribution in [2.24, 2.45) is 0 Å². The fourth-order valence-electron chi connectivity index (χ4n) is 2.92. The highest BCUT2D eigenvalue weighted by molar-refractivity contribution is 7.23. The molecule has 0 spiro atoms. The third-order valence-corrected chi connectivity index (χ3v) is 6.29. The van der Waals surface area contributed by atoms with E-state index >= 15 is 0 Å². The number of rotatable bonds is 4. The highest BCUT2D eigenvalue weighted by atomic mass is 35.5. The first-order valence-corrected chi connectivity index (χ1v) is 10.6. The Hall–Kier alpha value is -2.18. The molecule has 0 radical (unpaired) electrons. The first-order valence-electron chi connectivity index (χ1n) is 8.66. The molecule has 0 aliphatic heterocycles. The quantitative estimate of drug-likeness (QED) is 0.335. The highest BCUT2D eigenvalue weighted by Crippen LogP contribution is 2.36. The predicted molar refractivity (Wildman–Crippen MR) is 121 cm³/mol. The molecule has 0 fully saturated rings. The number of halogens is 3. The van der Waals surface area contributed by atoms with Gasteiger partial charge in [-0.15, -0.1) is 0 Å². The third-order valence-electron chi connectivity index (χ3n) is 4.32. The number of carbonyl (C=O) groups excluding carboxylic acids is 1. The van der Waals surface area contributed by atoms with E-state index in [4.69, 9.17) is 39.8 Å². The van der Waals surface area contributed by atoms with Crippen molar-refractivity contribution >= 4 is 67.4 Å². The summed E-state index contributed by atoms with van der Waals surface area (Å²) in [6.07, 6.45) is 1.69. The van der Waals surface area contributed by atoms with Crippen molar-refractivity contribution in [2.45, 2.75) is 13.5 Å². The molecule has 0 bridgehead atoms. The monoisotopic (exact) mass is 461 g/mol. The Morgan fingerprint density at radius 2 is 1.83 bits per heavy atom. The van der Waals surface area contributed by atoms with Crippen molar-refractivity contribution in [1.29, 1.82) is 0 Å². The van der Waals surface area contributed by atoms with Crippen molar-refractivity contribution in [2.75, 3.05) is 4.90 Å². The van der Waals surface area contributed by atoms with E-state index in [-0.39, 0.29) is 12.5 Å². The van der Waals surface area contributed by atoms with Crippen LogP contribution in [0.4, 0.5) is 5.13 Å². The minimum Gasteiger partial charge on any atom is -0.278 e. The Labute approximate surface area is 186 Å². The topological polar surface area (TPSA) is 46.1 Å². The van der Waals surface area contributed by atoms with Gasteiger partial charge < -0.3 is 0 Å². The summed E-state index contributed by atoms with van der Waals surface area (Å²) in [6.45, 7) is 2.21. The molecule has 4 nitrogen and oxygen atoms in total. The lowest BCUT2D eigenvalue weighted by Crippen LogP contribution is -2.30. The van der Waals surface area contributed by atoms with Crippen LogP contribution in [0.15, 0.2) is 54.7 Å². The lowest BCUT2D eigenvalue weighted by Gasteiger charge is -2.20. The average molecular weight is 463 g/mol. The van der Waals surface area contributed by atoms with E-state index in [0.29, 0.717) is 25.8 Å². The minimum absolute atomic E-state index is 0.250. The molecule has 0 aliphatic rings. The summed E-state index contributed by atoms with van der Waals surface area (Å²) >= 11 is 20.0. The number of anilines is 1. The molecule has 0 saturated heterocycles. The molecule has 0 saturated carbocycles. The fraction of sp³-hybridized carbons (Fsp3) is 0.0952. The number of hydrogen-bond donors (Lipinski definition) is 0. The van der Waals surface area contributed by atoms with Gasteiger partial charge in [-0.3, -0.25) is 14.7 Å².